The number of aliphatic imine (C=N–C) groups is 1. The second kappa shape index (κ2) is 11.7. The van der Waals surface area contributed by atoms with Gasteiger partial charge in [-0.2, -0.15) is 0 Å². The van der Waals surface area contributed by atoms with Crippen molar-refractivity contribution in [3.05, 3.63) is 123 Å². The van der Waals surface area contributed by atoms with Crippen LogP contribution in [-0.2, 0) is 16.1 Å². The van der Waals surface area contributed by atoms with E-state index in [0.29, 0.717) is 28.0 Å². The van der Waals surface area contributed by atoms with Gasteiger partial charge in [-0.15, -0.1) is 0 Å². The molecule has 0 amide bonds. The van der Waals surface area contributed by atoms with Crippen molar-refractivity contribution >= 4 is 61.2 Å². The van der Waals surface area contributed by atoms with Gasteiger partial charge in [0.15, 0.2) is 0 Å². The van der Waals surface area contributed by atoms with Gasteiger partial charge in [0.1, 0.15) is 28.7 Å². The van der Waals surface area contributed by atoms with Gasteiger partial charge < -0.3 is 14.6 Å². The van der Waals surface area contributed by atoms with E-state index in [-0.39, 0.29) is 17.9 Å². The fourth-order valence-electron chi connectivity index (χ4n) is 4.01. The van der Waals surface area contributed by atoms with Crippen LogP contribution in [-0.4, -0.2) is 22.7 Å². The van der Waals surface area contributed by atoms with Crippen LogP contribution in [0.1, 0.15) is 18.1 Å². The predicted octanol–water partition coefficient (Wildman–Crippen LogP) is 8.37. The third-order valence-corrected chi connectivity index (χ3v) is 7.34. The summed E-state index contributed by atoms with van der Waals surface area (Å²) in [7, 11) is 0. The van der Waals surface area contributed by atoms with Crippen LogP contribution in [0, 0.1) is 0 Å². The zero-order valence-corrected chi connectivity index (χ0v) is 23.0. The van der Waals surface area contributed by atoms with Crippen LogP contribution in [0.4, 0.5) is 5.69 Å². The second-order valence-electron chi connectivity index (χ2n) is 8.46. The van der Waals surface area contributed by atoms with Crippen molar-refractivity contribution in [2.45, 2.75) is 13.5 Å². The molecule has 38 heavy (non-hydrogen) atoms. The molecule has 0 radical (unpaired) electrons. The van der Waals surface area contributed by atoms with Crippen molar-refractivity contribution in [2.24, 2.45) is 4.99 Å². The number of nitrogens with zero attached hydrogens (tertiary/aromatic N) is 1. The van der Waals surface area contributed by atoms with Crippen molar-refractivity contribution in [2.75, 3.05) is 6.61 Å². The molecule has 5 nitrogen and oxygen atoms in total. The summed E-state index contributed by atoms with van der Waals surface area (Å²) in [6.45, 7) is 2.30. The Morgan fingerprint density at radius 1 is 0.974 bits per heavy atom. The van der Waals surface area contributed by atoms with E-state index in [1.54, 1.807) is 13.0 Å². The summed E-state index contributed by atoms with van der Waals surface area (Å²) in [5.74, 6) is -0.130. The standard InChI is InChI=1S/C31H24BrNO4S/c1-2-36-31(35)28-29(34)27(38-30(28)33-25-10-4-3-5-11-25)18-23-17-24(32)14-15-26(23)37-19-20-12-13-21-8-6-7-9-22(21)16-20/h3-18,34H,2,19H2,1H3/b27-18-,33-30?. The average molecular weight is 587 g/mol. The number of thioether (sulfide) groups is 1. The van der Waals surface area contributed by atoms with E-state index in [2.05, 4.69) is 51.3 Å². The zero-order chi connectivity index (χ0) is 26.5. The molecule has 0 saturated heterocycles. The first-order chi connectivity index (χ1) is 18.5. The maximum absolute atomic E-state index is 12.7. The fraction of sp³-hybridized carbons (Fsp3) is 0.0968. The van der Waals surface area contributed by atoms with Gasteiger partial charge in [0.2, 0.25) is 0 Å². The minimum absolute atomic E-state index is 0.0561. The lowest BCUT2D eigenvalue weighted by molar-refractivity contribution is -0.138. The molecule has 1 aliphatic heterocycles. The monoisotopic (exact) mass is 585 g/mol. The van der Waals surface area contributed by atoms with Gasteiger partial charge in [-0.3, -0.25) is 0 Å². The average Bonchev–Trinajstić information content (AvgIpc) is 3.22. The number of fused-ring (bicyclic) bond motifs is 1. The van der Waals surface area contributed by atoms with Gasteiger partial charge in [0, 0.05) is 10.0 Å². The molecule has 4 aromatic carbocycles. The molecule has 0 atom stereocenters. The Balaban J connectivity index is 1.47. The highest BCUT2D eigenvalue weighted by Crippen LogP contribution is 2.41. The number of para-hydroxylation sites is 1. The lowest BCUT2D eigenvalue weighted by Crippen LogP contribution is -2.12. The molecule has 0 bridgehead atoms. The van der Waals surface area contributed by atoms with Crippen LogP contribution < -0.4 is 4.74 Å². The number of halogens is 1. The summed E-state index contributed by atoms with van der Waals surface area (Å²) in [4.78, 5) is 17.8. The lowest BCUT2D eigenvalue weighted by atomic mass is 10.1. The highest BCUT2D eigenvalue weighted by atomic mass is 79.9. The highest BCUT2D eigenvalue weighted by Gasteiger charge is 2.33. The third kappa shape index (κ3) is 5.85. The number of rotatable bonds is 7. The number of aliphatic hydroxyl groups excluding tert-OH is 1. The molecular formula is C31H24BrNO4S. The number of esters is 1. The molecule has 0 saturated carbocycles. The predicted molar refractivity (Wildman–Crippen MR) is 158 cm³/mol. The van der Waals surface area contributed by atoms with Gasteiger partial charge >= 0.3 is 5.97 Å². The van der Waals surface area contributed by atoms with Gasteiger partial charge in [-0.1, -0.05) is 82.3 Å². The van der Waals surface area contributed by atoms with E-state index in [1.165, 1.54) is 17.1 Å². The SMILES string of the molecule is CCOC(=O)C1=C(O)/C(=C/c2cc(Br)ccc2OCc2ccc3ccccc3c2)SC1=Nc1ccccc1. The number of hydrogen-bond donors (Lipinski definition) is 1. The Hall–Kier alpha value is -3.81. The summed E-state index contributed by atoms with van der Waals surface area (Å²) < 4.78 is 12.3. The van der Waals surface area contributed by atoms with Crippen molar-refractivity contribution in [3.8, 4) is 5.75 Å². The summed E-state index contributed by atoms with van der Waals surface area (Å²) >= 11 is 4.75. The highest BCUT2D eigenvalue weighted by molar-refractivity contribution is 9.10. The first-order valence-corrected chi connectivity index (χ1v) is 13.7. The Labute approximate surface area is 233 Å². The molecule has 0 unspecified atom stereocenters. The Bertz CT molecular complexity index is 1590. The van der Waals surface area contributed by atoms with Crippen molar-refractivity contribution in [1.82, 2.24) is 0 Å². The Morgan fingerprint density at radius 2 is 1.74 bits per heavy atom. The minimum Gasteiger partial charge on any atom is -0.506 e. The molecule has 0 spiro atoms. The summed E-state index contributed by atoms with van der Waals surface area (Å²) in [6, 6.07) is 29.4. The number of carbonyl (C=O) groups is 1. The quantitative estimate of drug-likeness (QED) is 0.221. The van der Waals surface area contributed by atoms with E-state index in [9.17, 15) is 9.90 Å². The first-order valence-electron chi connectivity index (χ1n) is 12.1. The van der Waals surface area contributed by atoms with E-state index in [0.717, 1.165) is 21.0 Å². The Kier molecular flexibility index (Phi) is 7.96. The molecule has 4 aromatic rings. The lowest BCUT2D eigenvalue weighted by Gasteiger charge is -2.11. The minimum atomic E-state index is -0.613. The molecule has 0 aromatic heterocycles. The van der Waals surface area contributed by atoms with Crippen LogP contribution in [0.2, 0.25) is 0 Å². The number of benzene rings is 4. The largest absolute Gasteiger partial charge is 0.506 e. The van der Waals surface area contributed by atoms with Crippen molar-refractivity contribution in [3.63, 3.8) is 0 Å². The Morgan fingerprint density at radius 3 is 2.53 bits per heavy atom. The topological polar surface area (TPSA) is 68.1 Å². The summed E-state index contributed by atoms with van der Waals surface area (Å²) in [5, 5.41) is 13.8. The van der Waals surface area contributed by atoms with Crippen LogP contribution >= 0.6 is 27.7 Å². The van der Waals surface area contributed by atoms with Gasteiger partial charge in [-0.05, 0) is 65.7 Å². The maximum Gasteiger partial charge on any atom is 0.344 e. The molecule has 5 rings (SSSR count). The van der Waals surface area contributed by atoms with Gasteiger partial charge in [0.05, 0.1) is 17.2 Å². The molecule has 0 aliphatic carbocycles. The number of hydrogen-bond acceptors (Lipinski definition) is 6. The normalized spacial score (nSPS) is 15.4. The fourth-order valence-corrected chi connectivity index (χ4v) is 5.41. The smallest absolute Gasteiger partial charge is 0.344 e. The van der Waals surface area contributed by atoms with Crippen LogP contribution in [0.15, 0.2) is 117 Å². The van der Waals surface area contributed by atoms with Crippen molar-refractivity contribution < 1.29 is 19.4 Å². The van der Waals surface area contributed by atoms with E-state index >= 15 is 0 Å². The van der Waals surface area contributed by atoms with Crippen LogP contribution in [0.5, 0.6) is 5.75 Å². The van der Waals surface area contributed by atoms with E-state index in [4.69, 9.17) is 9.47 Å². The molecule has 0 fully saturated rings. The third-order valence-electron chi connectivity index (χ3n) is 5.82. The molecule has 190 valence electrons. The van der Waals surface area contributed by atoms with Crippen molar-refractivity contribution in [1.29, 1.82) is 0 Å². The number of carbonyl (C=O) groups excluding carboxylic acids is 1. The molecule has 1 aliphatic rings. The molecule has 7 heteroatoms. The molecule has 1 heterocycles. The van der Waals surface area contributed by atoms with E-state index in [1.807, 2.05) is 60.7 Å². The second-order valence-corrected chi connectivity index (χ2v) is 10.4. The molecule has 1 N–H and O–H groups in total. The maximum atomic E-state index is 12.7. The van der Waals surface area contributed by atoms with Crippen LogP contribution in [0.25, 0.3) is 16.8 Å². The van der Waals surface area contributed by atoms with E-state index < -0.39 is 5.97 Å². The summed E-state index contributed by atoms with van der Waals surface area (Å²) in [6.07, 6.45) is 1.80. The summed E-state index contributed by atoms with van der Waals surface area (Å²) in [5.41, 5.74) is 2.52. The molecular weight excluding hydrogens is 562 g/mol. The van der Waals surface area contributed by atoms with Gasteiger partial charge in [-0.25, -0.2) is 9.79 Å². The van der Waals surface area contributed by atoms with Gasteiger partial charge in [0.25, 0.3) is 0 Å². The number of ether oxygens (including phenoxy) is 2. The van der Waals surface area contributed by atoms with Crippen LogP contribution in [0.3, 0.4) is 0 Å². The number of aliphatic hydroxyl groups is 1. The first kappa shape index (κ1) is 25.8. The zero-order valence-electron chi connectivity index (χ0n) is 20.6.